The van der Waals surface area contributed by atoms with Gasteiger partial charge in [0.05, 0.1) is 17.5 Å². The van der Waals surface area contributed by atoms with Crippen molar-refractivity contribution in [1.82, 2.24) is 5.01 Å². The summed E-state index contributed by atoms with van der Waals surface area (Å²) < 4.78 is 34.1. The van der Waals surface area contributed by atoms with Gasteiger partial charge >= 0.3 is 11.6 Å². The predicted molar refractivity (Wildman–Crippen MR) is 112 cm³/mol. The van der Waals surface area contributed by atoms with Gasteiger partial charge in [-0.25, -0.2) is 23.0 Å². The number of nitrogens with zero attached hydrogens (tertiary/aromatic N) is 2. The molecule has 3 heterocycles. The second-order valence-electron chi connectivity index (χ2n) is 7.94. The van der Waals surface area contributed by atoms with Crippen LogP contribution in [0.15, 0.2) is 32.5 Å². The number of carbonyl (C=O) groups excluding carboxylic acids is 2. The molecule has 0 saturated carbocycles. The molecule has 31 heavy (non-hydrogen) atoms. The summed E-state index contributed by atoms with van der Waals surface area (Å²) in [6.07, 6.45) is 0.467. The highest BCUT2D eigenvalue weighted by molar-refractivity contribution is 7.91. The van der Waals surface area contributed by atoms with E-state index < -0.39 is 27.5 Å². The van der Waals surface area contributed by atoms with Crippen molar-refractivity contribution in [2.45, 2.75) is 45.8 Å². The Bertz CT molecular complexity index is 1280. The fourth-order valence-electron chi connectivity index (χ4n) is 3.80. The average molecular weight is 446 g/mol. The SMILES string of the molecule is Cc1cc2oc(=O)cc(COC(=O)C3=NN([C@H]4CCS(=O)(=O)C4)C(=O)CC3)c2cc1C. The van der Waals surface area contributed by atoms with Crippen molar-refractivity contribution in [3.8, 4) is 0 Å². The van der Waals surface area contributed by atoms with E-state index in [0.717, 1.165) is 16.1 Å². The van der Waals surface area contributed by atoms with E-state index in [9.17, 15) is 22.8 Å². The normalized spacial score (nSPS) is 20.7. The van der Waals surface area contributed by atoms with Gasteiger partial charge in [-0.1, -0.05) is 0 Å². The largest absolute Gasteiger partial charge is 0.456 e. The Balaban J connectivity index is 1.54. The molecule has 10 heteroatoms. The molecule has 9 nitrogen and oxygen atoms in total. The molecule has 1 aromatic carbocycles. The number of esters is 1. The molecule has 0 spiro atoms. The minimum absolute atomic E-state index is 0.000694. The van der Waals surface area contributed by atoms with E-state index in [1.54, 1.807) is 6.07 Å². The van der Waals surface area contributed by atoms with Crippen LogP contribution in [0.3, 0.4) is 0 Å². The fourth-order valence-corrected chi connectivity index (χ4v) is 5.49. The van der Waals surface area contributed by atoms with Gasteiger partial charge in [-0.05, 0) is 43.5 Å². The number of rotatable bonds is 4. The summed E-state index contributed by atoms with van der Waals surface area (Å²) in [6.45, 7) is 3.68. The Labute approximate surface area is 178 Å². The first-order valence-electron chi connectivity index (χ1n) is 9.94. The fraction of sp³-hybridized carbons (Fsp3) is 0.429. The van der Waals surface area contributed by atoms with E-state index in [0.29, 0.717) is 23.0 Å². The van der Waals surface area contributed by atoms with Gasteiger partial charge < -0.3 is 9.15 Å². The second-order valence-corrected chi connectivity index (χ2v) is 10.2. The Morgan fingerprint density at radius 1 is 1.19 bits per heavy atom. The third-order valence-corrected chi connectivity index (χ3v) is 7.40. The van der Waals surface area contributed by atoms with Crippen LogP contribution in [-0.4, -0.2) is 48.6 Å². The smallest absolute Gasteiger partial charge is 0.354 e. The molecule has 164 valence electrons. The highest BCUT2D eigenvalue weighted by Gasteiger charge is 2.37. The molecule has 0 bridgehead atoms. The third kappa shape index (κ3) is 4.39. The highest BCUT2D eigenvalue weighted by atomic mass is 32.2. The minimum atomic E-state index is -3.20. The summed E-state index contributed by atoms with van der Waals surface area (Å²) in [7, 11) is -3.20. The van der Waals surface area contributed by atoms with Crippen molar-refractivity contribution < 1.29 is 27.2 Å². The quantitative estimate of drug-likeness (QED) is 0.516. The Morgan fingerprint density at radius 3 is 2.65 bits per heavy atom. The van der Waals surface area contributed by atoms with E-state index in [1.165, 1.54) is 6.07 Å². The van der Waals surface area contributed by atoms with Gasteiger partial charge in [-0.3, -0.25) is 4.79 Å². The molecule has 4 rings (SSSR count). The first-order chi connectivity index (χ1) is 14.6. The molecule has 1 atom stereocenters. The van der Waals surface area contributed by atoms with Crippen molar-refractivity contribution in [3.63, 3.8) is 0 Å². The first-order valence-corrected chi connectivity index (χ1v) is 11.8. The Kier molecular flexibility index (Phi) is 5.42. The van der Waals surface area contributed by atoms with Crippen LogP contribution in [0.25, 0.3) is 11.0 Å². The molecule has 2 aliphatic rings. The molecule has 1 fully saturated rings. The van der Waals surface area contributed by atoms with Gasteiger partial charge in [0, 0.05) is 29.9 Å². The zero-order chi connectivity index (χ0) is 22.3. The van der Waals surface area contributed by atoms with E-state index in [2.05, 4.69) is 5.10 Å². The van der Waals surface area contributed by atoms with Crippen molar-refractivity contribution in [3.05, 3.63) is 45.3 Å². The van der Waals surface area contributed by atoms with Crippen LogP contribution in [0.2, 0.25) is 0 Å². The lowest BCUT2D eigenvalue weighted by molar-refractivity contribution is -0.138. The van der Waals surface area contributed by atoms with Gasteiger partial charge in [0.25, 0.3) is 0 Å². The van der Waals surface area contributed by atoms with Crippen molar-refractivity contribution >= 4 is 38.4 Å². The van der Waals surface area contributed by atoms with E-state index in [4.69, 9.17) is 9.15 Å². The Hall–Kier alpha value is -3.01. The zero-order valence-electron chi connectivity index (χ0n) is 17.2. The lowest BCUT2D eigenvalue weighted by Gasteiger charge is -2.27. The van der Waals surface area contributed by atoms with Crippen LogP contribution in [0.4, 0.5) is 0 Å². The maximum Gasteiger partial charge on any atom is 0.354 e. The van der Waals surface area contributed by atoms with E-state index >= 15 is 0 Å². The summed E-state index contributed by atoms with van der Waals surface area (Å²) in [4.78, 5) is 36.7. The number of hydrogen-bond donors (Lipinski definition) is 0. The van der Waals surface area contributed by atoms with Crippen LogP contribution in [0, 0.1) is 13.8 Å². The van der Waals surface area contributed by atoms with Gasteiger partial charge in [-0.15, -0.1) is 0 Å². The monoisotopic (exact) mass is 446 g/mol. The first kappa shape index (κ1) is 21.2. The molecule has 0 unspecified atom stereocenters. The molecule has 0 N–H and O–H groups in total. The van der Waals surface area contributed by atoms with Gasteiger partial charge in [-0.2, -0.15) is 5.10 Å². The summed E-state index contributed by atoms with van der Waals surface area (Å²) in [5.74, 6) is -1.17. The lowest BCUT2D eigenvalue weighted by Crippen LogP contribution is -2.42. The topological polar surface area (TPSA) is 123 Å². The number of sulfone groups is 1. The molecule has 1 amide bonds. The molecule has 2 aromatic rings. The van der Waals surface area contributed by atoms with Crippen molar-refractivity contribution in [2.24, 2.45) is 5.10 Å². The summed E-state index contributed by atoms with van der Waals surface area (Å²) in [6, 6.07) is 4.36. The number of carbonyl (C=O) groups is 2. The van der Waals surface area contributed by atoms with E-state index in [1.807, 2.05) is 19.9 Å². The zero-order valence-corrected chi connectivity index (χ0v) is 18.0. The number of benzene rings is 1. The third-order valence-electron chi connectivity index (χ3n) is 5.65. The predicted octanol–water partition coefficient (Wildman–Crippen LogP) is 1.62. The van der Waals surface area contributed by atoms with E-state index in [-0.39, 0.29) is 42.6 Å². The standard InChI is InChI=1S/C21H22N2O7S/c1-12-7-16-14(9-20(25)30-18(16)8-13(12)2)10-29-21(26)17-3-4-19(24)23(22-17)15-5-6-31(27,28)11-15/h7-9,15H,3-6,10-11H2,1-2H3/t15-/m0/s1. The molecule has 0 aliphatic carbocycles. The molecule has 2 aliphatic heterocycles. The number of aryl methyl sites for hydroxylation is 2. The van der Waals surface area contributed by atoms with Crippen LogP contribution < -0.4 is 5.63 Å². The van der Waals surface area contributed by atoms with Crippen molar-refractivity contribution in [2.75, 3.05) is 11.5 Å². The second kappa shape index (κ2) is 7.92. The number of hydrazone groups is 1. The van der Waals surface area contributed by atoms with Gasteiger partial charge in [0.1, 0.15) is 17.9 Å². The van der Waals surface area contributed by atoms with Crippen LogP contribution in [-0.2, 0) is 30.8 Å². The van der Waals surface area contributed by atoms with Crippen LogP contribution in [0.5, 0.6) is 0 Å². The average Bonchev–Trinajstić information content (AvgIpc) is 3.07. The maximum absolute atomic E-state index is 12.6. The Morgan fingerprint density at radius 2 is 1.94 bits per heavy atom. The summed E-state index contributed by atoms with van der Waals surface area (Å²) >= 11 is 0. The molecule has 1 aromatic heterocycles. The highest BCUT2D eigenvalue weighted by Crippen LogP contribution is 2.24. The minimum Gasteiger partial charge on any atom is -0.456 e. The maximum atomic E-state index is 12.6. The number of ether oxygens (including phenoxy) is 1. The van der Waals surface area contributed by atoms with Crippen molar-refractivity contribution in [1.29, 1.82) is 0 Å². The summed E-state index contributed by atoms with van der Waals surface area (Å²) in [5, 5.41) is 5.90. The molecule has 0 radical (unpaired) electrons. The summed E-state index contributed by atoms with van der Waals surface area (Å²) in [5.41, 5.74) is 2.41. The molecule has 1 saturated heterocycles. The van der Waals surface area contributed by atoms with Gasteiger partial charge in [0.15, 0.2) is 9.84 Å². The molecular weight excluding hydrogens is 424 g/mol. The lowest BCUT2D eigenvalue weighted by atomic mass is 10.0. The number of hydrogen-bond acceptors (Lipinski definition) is 8. The number of amides is 1. The van der Waals surface area contributed by atoms with Crippen LogP contribution in [0.1, 0.15) is 36.0 Å². The van der Waals surface area contributed by atoms with Crippen LogP contribution >= 0.6 is 0 Å². The molecular formula is C21H22N2O7S. The number of fused-ring (bicyclic) bond motifs is 1. The van der Waals surface area contributed by atoms with Gasteiger partial charge in [0.2, 0.25) is 5.91 Å².